The minimum Gasteiger partial charge on any atom is -0.294 e. The fraction of sp³-hybridized carbons (Fsp3) is 0.222. The highest BCUT2D eigenvalue weighted by Crippen LogP contribution is 2.31. The summed E-state index contributed by atoms with van der Waals surface area (Å²) in [6, 6.07) is 2.97. The van der Waals surface area contributed by atoms with E-state index in [1.165, 1.54) is 13.0 Å². The first-order chi connectivity index (χ1) is 6.43. The number of ketones is 1. The number of carbonyl (C=O) groups excluding carboxylic acids is 1. The van der Waals surface area contributed by atoms with Gasteiger partial charge in [-0.25, -0.2) is 8.78 Å². The van der Waals surface area contributed by atoms with E-state index in [1.54, 1.807) is 6.07 Å². The summed E-state index contributed by atoms with van der Waals surface area (Å²) >= 11 is 5.04. The van der Waals surface area contributed by atoms with Gasteiger partial charge in [-0.1, -0.05) is 0 Å². The highest BCUT2D eigenvalue weighted by molar-refractivity contribution is 14.1. The fourth-order valence-electron chi connectivity index (χ4n) is 1.14. The van der Waals surface area contributed by atoms with Gasteiger partial charge in [0.05, 0.1) is 0 Å². The molecule has 1 nitrogen and oxygen atoms in total. The van der Waals surface area contributed by atoms with Crippen molar-refractivity contribution in [2.45, 2.75) is 13.3 Å². The Morgan fingerprint density at radius 2 is 2.07 bits per heavy atom. The topological polar surface area (TPSA) is 17.1 Å². The molecule has 0 saturated carbocycles. The number of halogens is 4. The van der Waals surface area contributed by atoms with E-state index in [0.29, 0.717) is 8.04 Å². The lowest BCUT2D eigenvalue weighted by molar-refractivity contribution is 0.0998. The molecule has 1 aromatic rings. The third-order valence-electron chi connectivity index (χ3n) is 1.67. The van der Waals surface area contributed by atoms with Crippen LogP contribution in [0.15, 0.2) is 16.6 Å². The number of carbonyl (C=O) groups is 1. The Bertz CT molecular complexity index is 379. The standard InChI is InChI=1S/C9H6BrF2IO/c1-4(14)8-6(9(11)12)2-5(13)3-7(8)10/h2-3,9H,1H3. The summed E-state index contributed by atoms with van der Waals surface area (Å²) in [4.78, 5) is 11.1. The van der Waals surface area contributed by atoms with Gasteiger partial charge in [0.2, 0.25) is 0 Å². The van der Waals surface area contributed by atoms with Crippen molar-refractivity contribution in [1.82, 2.24) is 0 Å². The Kier molecular flexibility index (Phi) is 4.00. The van der Waals surface area contributed by atoms with Crippen LogP contribution < -0.4 is 0 Å². The van der Waals surface area contributed by atoms with Crippen LogP contribution in [0.5, 0.6) is 0 Å². The van der Waals surface area contributed by atoms with Crippen molar-refractivity contribution in [1.29, 1.82) is 0 Å². The Morgan fingerprint density at radius 3 is 2.50 bits per heavy atom. The van der Waals surface area contributed by atoms with E-state index in [1.807, 2.05) is 22.6 Å². The van der Waals surface area contributed by atoms with Gasteiger partial charge in [-0.2, -0.15) is 0 Å². The van der Waals surface area contributed by atoms with Gasteiger partial charge < -0.3 is 0 Å². The van der Waals surface area contributed by atoms with Crippen molar-refractivity contribution in [3.63, 3.8) is 0 Å². The molecule has 0 saturated heterocycles. The van der Waals surface area contributed by atoms with E-state index in [0.717, 1.165) is 0 Å². The molecule has 1 rings (SSSR count). The third kappa shape index (κ3) is 2.50. The van der Waals surface area contributed by atoms with Crippen LogP contribution in [0.3, 0.4) is 0 Å². The maximum Gasteiger partial charge on any atom is 0.264 e. The largest absolute Gasteiger partial charge is 0.294 e. The Balaban J connectivity index is 3.44. The van der Waals surface area contributed by atoms with Gasteiger partial charge in [-0.15, -0.1) is 0 Å². The van der Waals surface area contributed by atoms with Crippen LogP contribution in [0.2, 0.25) is 0 Å². The van der Waals surface area contributed by atoms with Crippen LogP contribution in [-0.4, -0.2) is 5.78 Å². The van der Waals surface area contributed by atoms with Crippen LogP contribution in [0.25, 0.3) is 0 Å². The average molecular weight is 375 g/mol. The highest BCUT2D eigenvalue weighted by atomic mass is 127. The molecule has 14 heavy (non-hydrogen) atoms. The lowest BCUT2D eigenvalue weighted by atomic mass is 10.1. The van der Waals surface area contributed by atoms with Gasteiger partial charge in [0.15, 0.2) is 5.78 Å². The van der Waals surface area contributed by atoms with Crippen molar-refractivity contribution >= 4 is 44.3 Å². The first-order valence-corrected chi connectivity index (χ1v) is 5.58. The van der Waals surface area contributed by atoms with Crippen molar-refractivity contribution in [2.24, 2.45) is 0 Å². The predicted molar refractivity (Wildman–Crippen MR) is 61.8 cm³/mol. The normalized spacial score (nSPS) is 10.7. The molecule has 0 fully saturated rings. The molecule has 0 spiro atoms. The summed E-state index contributed by atoms with van der Waals surface area (Å²) in [5, 5.41) is 0. The molecule has 0 amide bonds. The number of benzene rings is 1. The average Bonchev–Trinajstić information content (AvgIpc) is 2.01. The van der Waals surface area contributed by atoms with E-state index in [4.69, 9.17) is 0 Å². The molecule has 0 aliphatic heterocycles. The van der Waals surface area contributed by atoms with Crippen LogP contribution in [0, 0.1) is 3.57 Å². The Labute approximate surface area is 102 Å². The van der Waals surface area contributed by atoms with Crippen molar-refractivity contribution in [2.75, 3.05) is 0 Å². The maximum atomic E-state index is 12.6. The molecule has 0 bridgehead atoms. The number of rotatable bonds is 2. The zero-order chi connectivity index (χ0) is 10.9. The van der Waals surface area contributed by atoms with E-state index in [2.05, 4.69) is 15.9 Å². The zero-order valence-electron chi connectivity index (χ0n) is 7.15. The summed E-state index contributed by atoms with van der Waals surface area (Å²) in [5.74, 6) is -0.358. The summed E-state index contributed by atoms with van der Waals surface area (Å²) in [7, 11) is 0. The number of hydrogen-bond acceptors (Lipinski definition) is 1. The molecule has 5 heteroatoms. The zero-order valence-corrected chi connectivity index (χ0v) is 10.9. The monoisotopic (exact) mass is 374 g/mol. The van der Waals surface area contributed by atoms with Crippen LogP contribution in [0.1, 0.15) is 29.3 Å². The molecule has 0 N–H and O–H groups in total. The van der Waals surface area contributed by atoms with E-state index >= 15 is 0 Å². The molecule has 0 aliphatic rings. The van der Waals surface area contributed by atoms with Gasteiger partial charge in [0.1, 0.15) is 0 Å². The van der Waals surface area contributed by atoms with Gasteiger partial charge >= 0.3 is 0 Å². The first-order valence-electron chi connectivity index (χ1n) is 3.71. The molecule has 0 aliphatic carbocycles. The molecular weight excluding hydrogens is 369 g/mol. The Morgan fingerprint density at radius 1 is 1.50 bits per heavy atom. The second kappa shape index (κ2) is 4.65. The van der Waals surface area contributed by atoms with Crippen LogP contribution in [0.4, 0.5) is 8.78 Å². The summed E-state index contributed by atoms with van der Waals surface area (Å²) < 4.78 is 26.2. The third-order valence-corrected chi connectivity index (χ3v) is 2.92. The highest BCUT2D eigenvalue weighted by Gasteiger charge is 2.19. The summed E-state index contributed by atoms with van der Waals surface area (Å²) in [6.45, 7) is 1.28. The molecule has 0 aromatic heterocycles. The molecule has 0 heterocycles. The summed E-state index contributed by atoms with van der Waals surface area (Å²) in [6.07, 6.45) is -2.63. The van der Waals surface area contributed by atoms with Gasteiger partial charge in [-0.05, 0) is 57.6 Å². The number of alkyl halides is 2. The minimum atomic E-state index is -2.63. The maximum absolute atomic E-state index is 12.6. The summed E-state index contributed by atoms with van der Waals surface area (Å²) in [5.41, 5.74) is -0.142. The molecule has 0 atom stereocenters. The van der Waals surface area contributed by atoms with Gasteiger partial charge in [-0.3, -0.25) is 4.79 Å². The molecule has 0 radical (unpaired) electrons. The smallest absolute Gasteiger partial charge is 0.264 e. The van der Waals surface area contributed by atoms with Crippen LogP contribution >= 0.6 is 38.5 Å². The van der Waals surface area contributed by atoms with E-state index in [-0.39, 0.29) is 16.9 Å². The van der Waals surface area contributed by atoms with Crippen molar-refractivity contribution in [3.05, 3.63) is 31.3 Å². The second-order valence-corrected chi connectivity index (χ2v) is 4.81. The predicted octanol–water partition coefficient (Wildman–Crippen LogP) is 4.19. The van der Waals surface area contributed by atoms with Crippen LogP contribution in [-0.2, 0) is 0 Å². The number of hydrogen-bond donors (Lipinski definition) is 0. The van der Waals surface area contributed by atoms with Crippen molar-refractivity contribution in [3.8, 4) is 0 Å². The lowest BCUT2D eigenvalue weighted by Crippen LogP contribution is -2.02. The molecule has 76 valence electrons. The van der Waals surface area contributed by atoms with Crippen molar-refractivity contribution < 1.29 is 13.6 Å². The molecular formula is C9H6BrF2IO. The minimum absolute atomic E-state index is 0.0698. The Hall–Kier alpha value is -0.0400. The van der Waals surface area contributed by atoms with Gasteiger partial charge in [0.25, 0.3) is 6.43 Å². The molecule has 1 aromatic carbocycles. The lowest BCUT2D eigenvalue weighted by Gasteiger charge is -2.08. The van der Waals surface area contributed by atoms with Gasteiger partial charge in [0, 0.05) is 19.2 Å². The second-order valence-electron chi connectivity index (χ2n) is 2.71. The quantitative estimate of drug-likeness (QED) is 0.560. The van der Waals surface area contributed by atoms with E-state index in [9.17, 15) is 13.6 Å². The fourth-order valence-corrected chi connectivity index (χ4v) is 2.97. The first kappa shape index (κ1) is 12.0. The number of Topliss-reactive ketones (excluding diaryl/α,β-unsaturated/α-hetero) is 1. The SMILES string of the molecule is CC(=O)c1c(Br)cc(I)cc1C(F)F. The van der Waals surface area contributed by atoms with E-state index < -0.39 is 6.43 Å². The molecule has 0 unspecified atom stereocenters.